The van der Waals surface area contributed by atoms with E-state index in [1.807, 2.05) is 12.2 Å². The molecule has 1 atom stereocenters. The molecule has 1 fully saturated rings. The minimum atomic E-state index is -5.85. The number of sulfone groups is 1. The van der Waals surface area contributed by atoms with Crippen LogP contribution in [0.4, 0.5) is 18.9 Å². The first kappa shape index (κ1) is 28.0. The van der Waals surface area contributed by atoms with Crippen LogP contribution in [-0.2, 0) is 24.6 Å². The van der Waals surface area contributed by atoms with Crippen LogP contribution in [0.25, 0.3) is 0 Å². The first-order valence-electron chi connectivity index (χ1n) is 10.9. The number of ether oxygens (including phenoxy) is 1. The second-order valence-electron chi connectivity index (χ2n) is 8.13. The molecule has 8 nitrogen and oxygen atoms in total. The number of primary sulfonamides is 1. The molecule has 0 spiro atoms. The maximum absolute atomic E-state index is 13.4. The molecule has 3 N–H and O–H groups in total. The summed E-state index contributed by atoms with van der Waals surface area (Å²) in [7, 11) is -10.3. The van der Waals surface area contributed by atoms with E-state index in [4.69, 9.17) is 9.88 Å². The number of anilines is 1. The molecule has 0 amide bonds. The molecular formula is C21H28F3N3O5S3. The van der Waals surface area contributed by atoms with Crippen molar-refractivity contribution in [2.75, 3.05) is 43.9 Å². The smallest absolute Gasteiger partial charge is 0.380 e. The second-order valence-corrected chi connectivity index (χ2v) is 12.7. The molecule has 1 aliphatic carbocycles. The van der Waals surface area contributed by atoms with Crippen molar-refractivity contribution in [3.8, 4) is 0 Å². The molecule has 1 aliphatic heterocycles. The first-order valence-corrected chi connectivity index (χ1v) is 14.9. The Bertz CT molecular complexity index is 1160. The molecule has 0 saturated carbocycles. The Balaban J connectivity index is 1.89. The number of nitrogens with two attached hydrogens (primary N) is 1. The molecule has 3 rings (SSSR count). The third kappa shape index (κ3) is 7.70. The summed E-state index contributed by atoms with van der Waals surface area (Å²) < 4.78 is 93.6. The van der Waals surface area contributed by atoms with E-state index in [1.54, 1.807) is 0 Å². The standard InChI is InChI=1S/C21H28F3N3O5S3/c22-21(23,24)34(28,29)20-14-18(35(25,30)31)6-7-19(20)26-16(8-9-27-10-12-32-13-11-27)15-33-17-4-2-1-3-5-17/h2,4-7,14,16,26H,1,3,8-13,15H2,(H2,25,30,31). The zero-order valence-corrected chi connectivity index (χ0v) is 21.3. The lowest BCUT2D eigenvalue weighted by Crippen LogP contribution is -2.39. The molecule has 35 heavy (non-hydrogen) atoms. The van der Waals surface area contributed by atoms with Gasteiger partial charge < -0.3 is 10.1 Å². The monoisotopic (exact) mass is 555 g/mol. The molecule has 1 aromatic rings. The number of hydrogen-bond acceptors (Lipinski definition) is 8. The minimum absolute atomic E-state index is 0.324. The van der Waals surface area contributed by atoms with Crippen molar-refractivity contribution in [1.82, 2.24) is 4.90 Å². The van der Waals surface area contributed by atoms with Gasteiger partial charge in [0.05, 0.1) is 23.8 Å². The van der Waals surface area contributed by atoms with Crippen molar-refractivity contribution < 1.29 is 34.7 Å². The molecule has 0 radical (unpaired) electrons. The van der Waals surface area contributed by atoms with Crippen LogP contribution in [-0.4, -0.2) is 71.9 Å². The maximum atomic E-state index is 13.4. The molecule has 1 aromatic carbocycles. The lowest BCUT2D eigenvalue weighted by molar-refractivity contribution is -0.0435. The van der Waals surface area contributed by atoms with Crippen molar-refractivity contribution in [3.05, 3.63) is 41.3 Å². The summed E-state index contributed by atoms with van der Waals surface area (Å²) >= 11 is 1.52. The average Bonchev–Trinajstić information content (AvgIpc) is 2.81. The lowest BCUT2D eigenvalue weighted by atomic mass is 10.2. The number of rotatable bonds is 10. The second kappa shape index (κ2) is 11.6. The predicted octanol–water partition coefficient (Wildman–Crippen LogP) is 3.10. The van der Waals surface area contributed by atoms with Gasteiger partial charge in [-0.1, -0.05) is 18.2 Å². The fourth-order valence-electron chi connectivity index (χ4n) is 3.62. The Morgan fingerprint density at radius 2 is 1.86 bits per heavy atom. The molecule has 0 bridgehead atoms. The van der Waals surface area contributed by atoms with Gasteiger partial charge in [-0.05, 0) is 37.5 Å². The Hall–Kier alpha value is -1.58. The lowest BCUT2D eigenvalue weighted by Gasteiger charge is -2.29. The molecule has 196 valence electrons. The topological polar surface area (TPSA) is 119 Å². The van der Waals surface area contributed by atoms with Gasteiger partial charge in [-0.15, -0.1) is 11.8 Å². The summed E-state index contributed by atoms with van der Waals surface area (Å²) in [5, 5.41) is 7.97. The van der Waals surface area contributed by atoms with Crippen LogP contribution >= 0.6 is 11.8 Å². The van der Waals surface area contributed by atoms with Gasteiger partial charge in [-0.2, -0.15) is 13.2 Å². The zero-order chi connectivity index (χ0) is 25.7. The third-order valence-electron chi connectivity index (χ3n) is 5.55. The van der Waals surface area contributed by atoms with E-state index < -0.39 is 41.2 Å². The molecule has 1 unspecified atom stereocenters. The summed E-state index contributed by atoms with van der Waals surface area (Å²) in [4.78, 5) is 1.31. The van der Waals surface area contributed by atoms with Crippen molar-refractivity contribution >= 4 is 37.3 Å². The average molecular weight is 556 g/mol. The summed E-state index contributed by atoms with van der Waals surface area (Å²) in [5.74, 6) is 0.461. The third-order valence-corrected chi connectivity index (χ3v) is 9.19. The number of nitrogens with one attached hydrogen (secondary N) is 1. The van der Waals surface area contributed by atoms with E-state index >= 15 is 0 Å². The normalized spacial score (nSPS) is 18.8. The highest BCUT2D eigenvalue weighted by Gasteiger charge is 2.48. The van der Waals surface area contributed by atoms with Gasteiger partial charge in [-0.3, -0.25) is 4.90 Å². The molecule has 0 aromatic heterocycles. The van der Waals surface area contributed by atoms with Crippen LogP contribution in [0, 0.1) is 0 Å². The van der Waals surface area contributed by atoms with Crippen LogP contribution in [0.2, 0.25) is 0 Å². The molecule has 1 heterocycles. The number of benzene rings is 1. The van der Waals surface area contributed by atoms with Crippen molar-refractivity contribution in [1.29, 1.82) is 0 Å². The van der Waals surface area contributed by atoms with Gasteiger partial charge in [0, 0.05) is 36.3 Å². The van der Waals surface area contributed by atoms with E-state index in [2.05, 4.69) is 16.3 Å². The quantitative estimate of drug-likeness (QED) is 0.452. The molecule has 2 aliphatic rings. The number of alkyl halides is 3. The first-order chi connectivity index (χ1) is 16.4. The van der Waals surface area contributed by atoms with Gasteiger partial charge >= 0.3 is 5.51 Å². The number of allylic oxidation sites excluding steroid dienone is 3. The van der Waals surface area contributed by atoms with Gasteiger partial charge in [0.2, 0.25) is 10.0 Å². The van der Waals surface area contributed by atoms with Crippen molar-refractivity contribution in [3.63, 3.8) is 0 Å². The number of nitrogens with zero attached hydrogens (tertiary/aromatic N) is 1. The van der Waals surface area contributed by atoms with E-state index in [1.165, 1.54) is 11.8 Å². The van der Waals surface area contributed by atoms with E-state index in [-0.39, 0.29) is 5.69 Å². The predicted molar refractivity (Wildman–Crippen MR) is 129 cm³/mol. The zero-order valence-electron chi connectivity index (χ0n) is 18.8. The fraction of sp³-hybridized carbons (Fsp3) is 0.524. The van der Waals surface area contributed by atoms with E-state index in [0.29, 0.717) is 38.0 Å². The van der Waals surface area contributed by atoms with Crippen LogP contribution < -0.4 is 10.5 Å². The van der Waals surface area contributed by atoms with Crippen molar-refractivity contribution in [2.24, 2.45) is 5.14 Å². The molecular weight excluding hydrogens is 527 g/mol. The van der Waals surface area contributed by atoms with Crippen molar-refractivity contribution in [2.45, 2.75) is 40.6 Å². The van der Waals surface area contributed by atoms with Gasteiger partial charge in [-0.25, -0.2) is 22.0 Å². The number of halogens is 3. The molecule has 14 heteroatoms. The number of thioether (sulfide) groups is 1. The summed E-state index contributed by atoms with van der Waals surface area (Å²) in [6.07, 6.45) is 8.45. The Morgan fingerprint density at radius 3 is 2.46 bits per heavy atom. The van der Waals surface area contributed by atoms with E-state index in [0.717, 1.165) is 43.0 Å². The molecule has 1 saturated heterocycles. The van der Waals surface area contributed by atoms with Gasteiger partial charge in [0.1, 0.15) is 4.90 Å². The summed E-state index contributed by atoms with van der Waals surface area (Å²) in [6.45, 7) is 3.27. The fourth-order valence-corrected chi connectivity index (χ4v) is 6.25. The van der Waals surface area contributed by atoms with Gasteiger partial charge in [0.25, 0.3) is 9.84 Å². The number of sulfonamides is 1. The Labute approximate surface area is 207 Å². The number of morpholine rings is 1. The number of hydrogen-bond donors (Lipinski definition) is 2. The maximum Gasteiger partial charge on any atom is 0.501 e. The highest BCUT2D eigenvalue weighted by molar-refractivity contribution is 8.03. The largest absolute Gasteiger partial charge is 0.501 e. The SMILES string of the molecule is NS(=O)(=O)c1ccc(NC(CCN2CCOCC2)CSC2=CCCC=C2)c(S(=O)(=O)C(F)(F)F)c1. The van der Waals surface area contributed by atoms with Crippen LogP contribution in [0.5, 0.6) is 0 Å². The van der Waals surface area contributed by atoms with Crippen LogP contribution in [0.15, 0.2) is 51.1 Å². The Kier molecular flexibility index (Phi) is 9.32. The van der Waals surface area contributed by atoms with Crippen LogP contribution in [0.3, 0.4) is 0 Å². The van der Waals surface area contributed by atoms with Gasteiger partial charge in [0.15, 0.2) is 0 Å². The summed E-state index contributed by atoms with van der Waals surface area (Å²) in [5.41, 5.74) is -5.94. The highest BCUT2D eigenvalue weighted by Crippen LogP contribution is 2.36. The Morgan fingerprint density at radius 1 is 1.14 bits per heavy atom. The summed E-state index contributed by atoms with van der Waals surface area (Å²) in [6, 6.07) is 2.07. The minimum Gasteiger partial charge on any atom is -0.380 e. The van der Waals surface area contributed by atoms with E-state index in [9.17, 15) is 30.0 Å². The van der Waals surface area contributed by atoms with Crippen LogP contribution in [0.1, 0.15) is 19.3 Å². The highest BCUT2D eigenvalue weighted by atomic mass is 32.2.